The Morgan fingerprint density at radius 2 is 1.92 bits per heavy atom. The van der Waals surface area contributed by atoms with E-state index in [-0.39, 0.29) is 5.92 Å². The lowest BCUT2D eigenvalue weighted by atomic mass is 9.87. The summed E-state index contributed by atoms with van der Waals surface area (Å²) in [5.41, 5.74) is 1.14. The van der Waals surface area contributed by atoms with Gasteiger partial charge in [0.1, 0.15) is 0 Å². The molecule has 0 saturated carbocycles. The molecule has 0 heterocycles. The van der Waals surface area contributed by atoms with Crippen molar-refractivity contribution < 1.29 is 0 Å². The standard InChI is InChI=1S/C12H15N/c1-3-10(2)12(9-13)11-7-5-4-6-8-11/h4-8,10,12H,3H2,1-2H3/t10-,12+/m1/s1. The van der Waals surface area contributed by atoms with Gasteiger partial charge in [0.25, 0.3) is 0 Å². The Bertz CT molecular complexity index is 284. The number of nitrogens with zero attached hydrogens (tertiary/aromatic N) is 1. The lowest BCUT2D eigenvalue weighted by Gasteiger charge is -2.15. The predicted molar refractivity (Wildman–Crippen MR) is 54.3 cm³/mol. The highest BCUT2D eigenvalue weighted by molar-refractivity contribution is 5.25. The predicted octanol–water partition coefficient (Wildman–Crippen LogP) is 3.34. The fraction of sp³-hybridized carbons (Fsp3) is 0.417. The Morgan fingerprint density at radius 3 is 2.38 bits per heavy atom. The molecule has 0 N–H and O–H groups in total. The van der Waals surface area contributed by atoms with Crippen LogP contribution in [0.3, 0.4) is 0 Å². The molecular formula is C12H15N. The molecule has 0 aliphatic heterocycles. The monoisotopic (exact) mass is 173 g/mol. The summed E-state index contributed by atoms with van der Waals surface area (Å²) >= 11 is 0. The maximum Gasteiger partial charge on any atom is 0.0738 e. The molecule has 1 rings (SSSR count). The van der Waals surface area contributed by atoms with Crippen LogP contribution in [-0.2, 0) is 0 Å². The van der Waals surface area contributed by atoms with Gasteiger partial charge in [-0.25, -0.2) is 0 Å². The molecule has 0 unspecified atom stereocenters. The smallest absolute Gasteiger partial charge is 0.0738 e. The Kier molecular flexibility index (Phi) is 3.52. The average molecular weight is 173 g/mol. The van der Waals surface area contributed by atoms with Gasteiger partial charge in [0.15, 0.2) is 0 Å². The molecule has 1 aromatic carbocycles. The summed E-state index contributed by atoms with van der Waals surface area (Å²) in [7, 11) is 0. The molecule has 0 amide bonds. The topological polar surface area (TPSA) is 23.8 Å². The van der Waals surface area contributed by atoms with Crippen LogP contribution in [0.15, 0.2) is 30.3 Å². The zero-order valence-electron chi connectivity index (χ0n) is 8.20. The van der Waals surface area contributed by atoms with Crippen molar-refractivity contribution in [2.75, 3.05) is 0 Å². The first-order valence-electron chi connectivity index (χ1n) is 4.74. The summed E-state index contributed by atoms with van der Waals surface area (Å²) in [4.78, 5) is 0. The number of hydrogen-bond donors (Lipinski definition) is 0. The normalized spacial score (nSPS) is 14.5. The molecule has 0 aliphatic carbocycles. The third-order valence-corrected chi connectivity index (χ3v) is 2.51. The number of benzene rings is 1. The summed E-state index contributed by atoms with van der Waals surface area (Å²) in [6.45, 7) is 4.25. The molecule has 0 radical (unpaired) electrons. The lowest BCUT2D eigenvalue weighted by molar-refractivity contribution is 0.514. The molecule has 0 spiro atoms. The molecule has 0 aromatic heterocycles. The zero-order valence-corrected chi connectivity index (χ0v) is 8.20. The van der Waals surface area contributed by atoms with Gasteiger partial charge in [-0.2, -0.15) is 5.26 Å². The highest BCUT2D eigenvalue weighted by Crippen LogP contribution is 2.25. The molecule has 0 fully saturated rings. The second-order valence-electron chi connectivity index (χ2n) is 3.40. The van der Waals surface area contributed by atoms with Gasteiger partial charge in [-0.05, 0) is 11.5 Å². The van der Waals surface area contributed by atoms with Crippen LogP contribution in [-0.4, -0.2) is 0 Å². The molecule has 1 heteroatoms. The van der Waals surface area contributed by atoms with E-state index in [1.54, 1.807) is 0 Å². The van der Waals surface area contributed by atoms with Crippen molar-refractivity contribution in [3.05, 3.63) is 35.9 Å². The van der Waals surface area contributed by atoms with Gasteiger partial charge in [0, 0.05) is 0 Å². The first-order valence-corrected chi connectivity index (χ1v) is 4.74. The molecule has 13 heavy (non-hydrogen) atoms. The van der Waals surface area contributed by atoms with Gasteiger partial charge in [-0.1, -0.05) is 50.6 Å². The van der Waals surface area contributed by atoms with E-state index >= 15 is 0 Å². The van der Waals surface area contributed by atoms with Crippen molar-refractivity contribution >= 4 is 0 Å². The largest absolute Gasteiger partial charge is 0.198 e. The summed E-state index contributed by atoms with van der Waals surface area (Å²) < 4.78 is 0. The second kappa shape index (κ2) is 4.67. The SMILES string of the molecule is CC[C@@H](C)[C@H](C#N)c1ccccc1. The van der Waals surface area contributed by atoms with Crippen LogP contribution in [0.25, 0.3) is 0 Å². The minimum Gasteiger partial charge on any atom is -0.198 e. The highest BCUT2D eigenvalue weighted by Gasteiger charge is 2.16. The zero-order chi connectivity index (χ0) is 9.68. The second-order valence-corrected chi connectivity index (χ2v) is 3.40. The Morgan fingerprint density at radius 1 is 1.31 bits per heavy atom. The van der Waals surface area contributed by atoms with E-state index in [4.69, 9.17) is 5.26 Å². The fourth-order valence-electron chi connectivity index (χ4n) is 1.43. The first-order chi connectivity index (χ1) is 6.29. The lowest BCUT2D eigenvalue weighted by Crippen LogP contribution is -2.06. The van der Waals surface area contributed by atoms with Gasteiger partial charge in [-0.3, -0.25) is 0 Å². The molecule has 68 valence electrons. The van der Waals surface area contributed by atoms with Gasteiger partial charge >= 0.3 is 0 Å². The number of hydrogen-bond acceptors (Lipinski definition) is 1. The van der Waals surface area contributed by atoms with Crippen LogP contribution in [0.5, 0.6) is 0 Å². The number of nitriles is 1. The van der Waals surface area contributed by atoms with E-state index in [1.807, 2.05) is 30.3 Å². The Labute approximate surface area is 80.0 Å². The van der Waals surface area contributed by atoms with Crippen molar-refractivity contribution in [1.82, 2.24) is 0 Å². The van der Waals surface area contributed by atoms with E-state index in [1.165, 1.54) is 0 Å². The van der Waals surface area contributed by atoms with Crippen LogP contribution in [0.2, 0.25) is 0 Å². The van der Waals surface area contributed by atoms with Crippen molar-refractivity contribution in [3.8, 4) is 6.07 Å². The van der Waals surface area contributed by atoms with Gasteiger partial charge in [-0.15, -0.1) is 0 Å². The minimum absolute atomic E-state index is 0.0474. The van der Waals surface area contributed by atoms with Crippen molar-refractivity contribution in [1.29, 1.82) is 5.26 Å². The van der Waals surface area contributed by atoms with Gasteiger partial charge < -0.3 is 0 Å². The Hall–Kier alpha value is -1.29. The van der Waals surface area contributed by atoms with E-state index in [2.05, 4.69) is 19.9 Å². The molecular weight excluding hydrogens is 158 g/mol. The minimum atomic E-state index is 0.0474. The molecule has 0 bridgehead atoms. The summed E-state index contributed by atoms with van der Waals surface area (Å²) in [5, 5.41) is 9.03. The average Bonchev–Trinajstić information content (AvgIpc) is 2.20. The highest BCUT2D eigenvalue weighted by atomic mass is 14.3. The van der Waals surface area contributed by atoms with Crippen molar-refractivity contribution in [3.63, 3.8) is 0 Å². The van der Waals surface area contributed by atoms with E-state index in [0.717, 1.165) is 12.0 Å². The van der Waals surface area contributed by atoms with Crippen molar-refractivity contribution in [2.45, 2.75) is 26.2 Å². The van der Waals surface area contributed by atoms with Crippen LogP contribution >= 0.6 is 0 Å². The van der Waals surface area contributed by atoms with Crippen molar-refractivity contribution in [2.24, 2.45) is 5.92 Å². The maximum absolute atomic E-state index is 9.03. The van der Waals surface area contributed by atoms with Gasteiger partial charge in [0.2, 0.25) is 0 Å². The molecule has 0 saturated heterocycles. The van der Waals surface area contributed by atoms with Crippen LogP contribution < -0.4 is 0 Å². The fourth-order valence-corrected chi connectivity index (χ4v) is 1.43. The maximum atomic E-state index is 9.03. The van der Waals surface area contributed by atoms with E-state index in [9.17, 15) is 0 Å². The summed E-state index contributed by atoms with van der Waals surface area (Å²) in [6.07, 6.45) is 1.05. The third-order valence-electron chi connectivity index (χ3n) is 2.51. The molecule has 0 aliphatic rings. The molecule has 1 nitrogen and oxygen atoms in total. The third kappa shape index (κ3) is 2.32. The quantitative estimate of drug-likeness (QED) is 0.687. The van der Waals surface area contributed by atoms with Crippen LogP contribution in [0.1, 0.15) is 31.7 Å². The number of rotatable bonds is 3. The first kappa shape index (κ1) is 9.80. The molecule has 2 atom stereocenters. The van der Waals surface area contributed by atoms with Gasteiger partial charge in [0.05, 0.1) is 12.0 Å². The van der Waals surface area contributed by atoms with Crippen LogP contribution in [0, 0.1) is 17.2 Å². The van der Waals surface area contributed by atoms with Crippen LogP contribution in [0.4, 0.5) is 0 Å². The molecule has 1 aromatic rings. The Balaban J connectivity index is 2.86. The summed E-state index contributed by atoms with van der Waals surface area (Å²) in [5.74, 6) is 0.485. The van der Waals surface area contributed by atoms with E-state index < -0.39 is 0 Å². The summed E-state index contributed by atoms with van der Waals surface area (Å²) in [6, 6.07) is 12.4. The van der Waals surface area contributed by atoms with E-state index in [0.29, 0.717) is 5.92 Å².